The molecule has 2 N–H and O–H groups in total. The second-order valence-electron chi connectivity index (χ2n) is 2.41. The van der Waals surface area contributed by atoms with Crippen LogP contribution in [0.3, 0.4) is 0 Å². The van der Waals surface area contributed by atoms with Gasteiger partial charge in [-0.25, -0.2) is 3.63 Å². The highest BCUT2D eigenvalue weighted by molar-refractivity contribution is 8.08. The molecule has 0 rings (SSSR count). The van der Waals surface area contributed by atoms with E-state index < -0.39 is 20.2 Å². The van der Waals surface area contributed by atoms with Gasteiger partial charge in [0.2, 0.25) is 0 Å². The first-order valence-electron chi connectivity index (χ1n) is 3.90. The predicted octanol–water partition coefficient (Wildman–Crippen LogP) is 1.10. The van der Waals surface area contributed by atoms with E-state index in [4.69, 9.17) is 12.7 Å². The van der Waals surface area contributed by atoms with Crippen LogP contribution < -0.4 is 0 Å². The molecule has 0 bridgehead atoms. The third-order valence-electron chi connectivity index (χ3n) is 0.961. The van der Waals surface area contributed by atoms with Gasteiger partial charge in [0.25, 0.3) is 20.2 Å². The summed E-state index contributed by atoms with van der Waals surface area (Å²) in [5, 5.41) is 1.26. The minimum Gasteiger partial charge on any atom is -0.282 e. The van der Waals surface area contributed by atoms with Crippen LogP contribution >= 0.6 is 24.1 Å². The van der Waals surface area contributed by atoms with Gasteiger partial charge in [-0.15, -0.1) is 0 Å². The standard InChI is InChI=1S/C6H10O7S4/c7-16(8,9)5-1-3-14-13-15-4-2-6-17(10,11)12/h1-2,5-6H,3-4H2,(H,7,8,9)(H,10,11,12). The van der Waals surface area contributed by atoms with E-state index in [0.717, 1.165) is 24.1 Å². The van der Waals surface area contributed by atoms with E-state index in [-0.39, 0.29) is 11.5 Å². The third kappa shape index (κ3) is 16.0. The Balaban J connectivity index is 3.55. The van der Waals surface area contributed by atoms with Gasteiger partial charge >= 0.3 is 0 Å². The Morgan fingerprint density at radius 2 is 1.24 bits per heavy atom. The molecule has 0 saturated heterocycles. The summed E-state index contributed by atoms with van der Waals surface area (Å²) in [5.74, 6) is 0.406. The van der Waals surface area contributed by atoms with Crippen molar-refractivity contribution >= 4 is 44.3 Å². The van der Waals surface area contributed by atoms with Crippen LogP contribution in [0.25, 0.3) is 0 Å². The van der Waals surface area contributed by atoms with Crippen molar-refractivity contribution < 1.29 is 29.6 Å². The van der Waals surface area contributed by atoms with Crippen molar-refractivity contribution in [1.29, 1.82) is 0 Å². The summed E-state index contributed by atoms with van der Waals surface area (Å²) >= 11 is 1.81. The molecule has 0 aliphatic rings. The third-order valence-corrected chi connectivity index (χ3v) is 3.46. The molecule has 0 aliphatic carbocycles. The fourth-order valence-electron chi connectivity index (χ4n) is 0.490. The Morgan fingerprint density at radius 3 is 1.53 bits per heavy atom. The second-order valence-corrected chi connectivity index (χ2v) is 6.70. The quantitative estimate of drug-likeness (QED) is 0.384. The molecule has 0 fully saturated rings. The zero-order valence-electron chi connectivity index (χ0n) is 8.29. The summed E-state index contributed by atoms with van der Waals surface area (Å²) in [6, 6.07) is 0. The largest absolute Gasteiger partial charge is 0.287 e. The molecule has 11 heteroatoms. The lowest BCUT2D eigenvalue weighted by Gasteiger charge is -1.95. The molecule has 0 aromatic carbocycles. The van der Waals surface area contributed by atoms with E-state index >= 15 is 0 Å². The van der Waals surface area contributed by atoms with Crippen molar-refractivity contribution in [2.75, 3.05) is 11.5 Å². The lowest BCUT2D eigenvalue weighted by Crippen LogP contribution is -1.90. The van der Waals surface area contributed by atoms with Crippen LogP contribution in [-0.2, 0) is 23.9 Å². The molecule has 0 unspecified atom stereocenters. The Bertz CT molecular complexity index is 417. The molecule has 0 radical (unpaired) electrons. The zero-order valence-corrected chi connectivity index (χ0v) is 11.6. The SMILES string of the molecule is O=S(=O)(O)C=CCSOSCC=CS(=O)(=O)O. The molecule has 7 nitrogen and oxygen atoms in total. The molecule has 0 aromatic rings. The number of hydrogen-bond donors (Lipinski definition) is 2. The van der Waals surface area contributed by atoms with Gasteiger partial charge in [-0.3, -0.25) is 9.11 Å². The number of rotatable bonds is 8. The van der Waals surface area contributed by atoms with Gasteiger partial charge in [0.15, 0.2) is 0 Å². The summed E-state index contributed by atoms with van der Waals surface area (Å²) in [5.41, 5.74) is 0. The topological polar surface area (TPSA) is 118 Å². The van der Waals surface area contributed by atoms with Crippen molar-refractivity contribution in [1.82, 2.24) is 0 Å². The van der Waals surface area contributed by atoms with Gasteiger partial charge < -0.3 is 0 Å². The van der Waals surface area contributed by atoms with E-state index in [0.29, 0.717) is 10.8 Å². The normalized spacial score (nSPS) is 13.8. The van der Waals surface area contributed by atoms with Crippen molar-refractivity contribution in [2.45, 2.75) is 0 Å². The maximum atomic E-state index is 10.2. The van der Waals surface area contributed by atoms with Crippen LogP contribution in [0.4, 0.5) is 0 Å². The summed E-state index contributed by atoms with van der Waals surface area (Å²) < 4.78 is 62.3. The second kappa shape index (κ2) is 8.13. The summed E-state index contributed by atoms with van der Waals surface area (Å²) in [6.45, 7) is 0. The van der Waals surface area contributed by atoms with Gasteiger partial charge in [-0.2, -0.15) is 16.8 Å². The molecule has 17 heavy (non-hydrogen) atoms. The van der Waals surface area contributed by atoms with E-state index in [1.54, 1.807) is 0 Å². The Hall–Kier alpha value is -0.0400. The molecule has 0 atom stereocenters. The highest BCUT2D eigenvalue weighted by Gasteiger charge is 1.96. The molecular weight excluding hydrogens is 312 g/mol. The molecular formula is C6H10O7S4. The molecule has 0 aliphatic heterocycles. The molecule has 0 amide bonds. The highest BCUT2D eigenvalue weighted by Crippen LogP contribution is 2.15. The number of hydrogen-bond acceptors (Lipinski definition) is 7. The molecule has 100 valence electrons. The summed E-state index contributed by atoms with van der Waals surface area (Å²) in [7, 11) is -8.21. The van der Waals surface area contributed by atoms with Gasteiger partial charge in [0.1, 0.15) is 0 Å². The van der Waals surface area contributed by atoms with E-state index in [2.05, 4.69) is 0 Å². The fraction of sp³-hybridized carbons (Fsp3) is 0.333. The van der Waals surface area contributed by atoms with Crippen LogP contribution in [0.15, 0.2) is 23.0 Å². The smallest absolute Gasteiger partial charge is 0.282 e. The van der Waals surface area contributed by atoms with Crippen molar-refractivity contribution in [3.05, 3.63) is 23.0 Å². The summed E-state index contributed by atoms with van der Waals surface area (Å²) in [4.78, 5) is 0. The Labute approximate surface area is 108 Å². The molecule has 0 spiro atoms. The lowest BCUT2D eigenvalue weighted by atomic mass is 10.8. The lowest BCUT2D eigenvalue weighted by molar-refractivity contribution is 0.492. The van der Waals surface area contributed by atoms with Crippen molar-refractivity contribution in [2.24, 2.45) is 0 Å². The monoisotopic (exact) mass is 322 g/mol. The first kappa shape index (κ1) is 17.0. The first-order chi connectivity index (χ1) is 7.71. The highest BCUT2D eigenvalue weighted by atomic mass is 32.2. The van der Waals surface area contributed by atoms with Gasteiger partial charge in [-0.05, 0) is 0 Å². The molecule has 0 heterocycles. The van der Waals surface area contributed by atoms with Crippen molar-refractivity contribution in [3.8, 4) is 0 Å². The fourth-order valence-corrected chi connectivity index (χ4v) is 2.48. The molecule has 0 aromatic heterocycles. The zero-order chi connectivity index (χ0) is 13.4. The average molecular weight is 322 g/mol. The Kier molecular flexibility index (Phi) is 8.11. The van der Waals surface area contributed by atoms with Gasteiger partial charge in [0.05, 0.1) is 10.8 Å². The van der Waals surface area contributed by atoms with Crippen LogP contribution in [-0.4, -0.2) is 37.4 Å². The van der Waals surface area contributed by atoms with Gasteiger partial charge in [-0.1, -0.05) is 12.2 Å². The maximum absolute atomic E-state index is 10.2. The maximum Gasteiger partial charge on any atom is 0.287 e. The van der Waals surface area contributed by atoms with Crippen LogP contribution in [0.5, 0.6) is 0 Å². The Morgan fingerprint density at radius 1 is 0.882 bits per heavy atom. The van der Waals surface area contributed by atoms with Crippen LogP contribution in [0, 0.1) is 0 Å². The van der Waals surface area contributed by atoms with Crippen LogP contribution in [0.1, 0.15) is 0 Å². The van der Waals surface area contributed by atoms with E-state index in [1.807, 2.05) is 0 Å². The van der Waals surface area contributed by atoms with Crippen molar-refractivity contribution in [3.63, 3.8) is 0 Å². The summed E-state index contributed by atoms with van der Waals surface area (Å²) in [6.07, 6.45) is 2.38. The predicted molar refractivity (Wildman–Crippen MR) is 67.4 cm³/mol. The minimum atomic E-state index is -4.10. The van der Waals surface area contributed by atoms with E-state index in [1.165, 1.54) is 12.2 Å². The van der Waals surface area contributed by atoms with Gasteiger partial charge in [0, 0.05) is 35.6 Å². The van der Waals surface area contributed by atoms with E-state index in [9.17, 15) is 16.8 Å². The minimum absolute atomic E-state index is 0.203. The van der Waals surface area contributed by atoms with Crippen LogP contribution in [0.2, 0.25) is 0 Å². The molecule has 0 saturated carbocycles. The first-order valence-corrected chi connectivity index (χ1v) is 8.72. The average Bonchev–Trinajstić information content (AvgIpc) is 2.11.